The van der Waals surface area contributed by atoms with Gasteiger partial charge in [-0.2, -0.15) is 0 Å². The molecule has 1 aromatic heterocycles. The van der Waals surface area contributed by atoms with E-state index in [9.17, 15) is 8.42 Å². The van der Waals surface area contributed by atoms with Gasteiger partial charge in [-0.15, -0.1) is 11.3 Å². The summed E-state index contributed by atoms with van der Waals surface area (Å²) in [6, 6.07) is 0. The lowest BCUT2D eigenvalue weighted by Gasteiger charge is -2.19. The average Bonchev–Trinajstić information content (AvgIpc) is 2.59. The van der Waals surface area contributed by atoms with Crippen LogP contribution < -0.4 is 5.73 Å². The van der Waals surface area contributed by atoms with Gasteiger partial charge in [0.1, 0.15) is 10.8 Å². The molecule has 6 heteroatoms. The minimum absolute atomic E-state index is 0.0291. The van der Waals surface area contributed by atoms with Gasteiger partial charge in [0.2, 0.25) is 0 Å². The second kappa shape index (κ2) is 5.89. The van der Waals surface area contributed by atoms with Gasteiger partial charge in [0, 0.05) is 10.4 Å². The van der Waals surface area contributed by atoms with Crippen molar-refractivity contribution in [3.05, 3.63) is 15.6 Å². The van der Waals surface area contributed by atoms with Crippen LogP contribution in [-0.2, 0) is 21.1 Å². The van der Waals surface area contributed by atoms with Crippen LogP contribution in [0.4, 0.5) is 0 Å². The summed E-state index contributed by atoms with van der Waals surface area (Å²) in [7, 11) is -3.05. The van der Waals surface area contributed by atoms with E-state index in [4.69, 9.17) is 5.73 Å². The van der Waals surface area contributed by atoms with Crippen LogP contribution >= 0.6 is 11.3 Å². The predicted octanol–water partition coefficient (Wildman–Crippen LogP) is 2.79. The summed E-state index contributed by atoms with van der Waals surface area (Å²) >= 11 is 1.43. The van der Waals surface area contributed by atoms with E-state index in [1.165, 1.54) is 11.3 Å². The van der Waals surface area contributed by atoms with Crippen molar-refractivity contribution >= 4 is 21.2 Å². The van der Waals surface area contributed by atoms with Crippen LogP contribution in [0.5, 0.6) is 0 Å². The van der Waals surface area contributed by atoms with Crippen molar-refractivity contribution in [1.29, 1.82) is 0 Å². The van der Waals surface area contributed by atoms with Crippen molar-refractivity contribution in [2.75, 3.05) is 5.75 Å². The number of thiazole rings is 1. The SMILES string of the molecule is CCCS(=O)(=O)Cc1nc(C(C)C)c(C(C)(C)N)s1. The van der Waals surface area contributed by atoms with Gasteiger partial charge < -0.3 is 5.73 Å². The summed E-state index contributed by atoms with van der Waals surface area (Å²) in [6.45, 7) is 9.82. The van der Waals surface area contributed by atoms with E-state index >= 15 is 0 Å². The Hall–Kier alpha value is -0.460. The molecule has 0 bridgehead atoms. The van der Waals surface area contributed by atoms with Gasteiger partial charge in [-0.1, -0.05) is 20.8 Å². The molecule has 0 unspecified atom stereocenters. The highest BCUT2D eigenvalue weighted by molar-refractivity contribution is 7.90. The summed E-state index contributed by atoms with van der Waals surface area (Å²) in [4.78, 5) is 5.49. The van der Waals surface area contributed by atoms with E-state index in [0.717, 1.165) is 10.6 Å². The third-order valence-corrected chi connectivity index (χ3v) is 6.03. The van der Waals surface area contributed by atoms with Crippen molar-refractivity contribution in [2.24, 2.45) is 5.73 Å². The molecule has 0 aliphatic carbocycles. The Morgan fingerprint density at radius 3 is 2.32 bits per heavy atom. The van der Waals surface area contributed by atoms with Gasteiger partial charge in [0.15, 0.2) is 9.84 Å². The van der Waals surface area contributed by atoms with Crippen molar-refractivity contribution in [1.82, 2.24) is 4.98 Å². The molecule has 1 rings (SSSR count). The van der Waals surface area contributed by atoms with Crippen LogP contribution in [0.25, 0.3) is 0 Å². The lowest BCUT2D eigenvalue weighted by Crippen LogP contribution is -2.28. The number of sulfone groups is 1. The molecular weight excluding hydrogens is 280 g/mol. The summed E-state index contributed by atoms with van der Waals surface area (Å²) in [5.74, 6) is 0.489. The zero-order valence-electron chi connectivity index (χ0n) is 12.4. The van der Waals surface area contributed by atoms with E-state index in [1.807, 2.05) is 20.8 Å². The van der Waals surface area contributed by atoms with Crippen molar-refractivity contribution in [2.45, 2.75) is 58.2 Å². The molecule has 0 saturated carbocycles. The monoisotopic (exact) mass is 304 g/mol. The van der Waals surface area contributed by atoms with Gasteiger partial charge in [0.25, 0.3) is 0 Å². The largest absolute Gasteiger partial charge is 0.321 e. The maximum absolute atomic E-state index is 11.9. The number of hydrogen-bond donors (Lipinski definition) is 1. The maximum atomic E-state index is 11.9. The van der Waals surface area contributed by atoms with Crippen LogP contribution in [0.1, 0.15) is 62.5 Å². The summed E-state index contributed by atoms with van der Waals surface area (Å²) in [5, 5.41) is 0.658. The van der Waals surface area contributed by atoms with Crippen molar-refractivity contribution in [3.8, 4) is 0 Å². The highest BCUT2D eigenvalue weighted by atomic mass is 32.2. The van der Waals surface area contributed by atoms with Gasteiger partial charge in [-0.3, -0.25) is 0 Å². The number of nitrogens with two attached hydrogens (primary N) is 1. The molecular formula is C13H24N2O2S2. The first-order valence-corrected chi connectivity index (χ1v) is 9.20. The van der Waals surface area contributed by atoms with Gasteiger partial charge >= 0.3 is 0 Å². The molecule has 1 aromatic rings. The number of rotatable bonds is 6. The first kappa shape index (κ1) is 16.6. The molecule has 2 N–H and O–H groups in total. The van der Waals surface area contributed by atoms with Crippen LogP contribution in [0, 0.1) is 0 Å². The van der Waals surface area contributed by atoms with Crippen LogP contribution in [0.15, 0.2) is 0 Å². The standard InChI is InChI=1S/C13H24N2O2S2/c1-6-7-19(16,17)8-10-15-11(9(2)3)12(18-10)13(4,5)14/h9H,6-8,14H2,1-5H3. The molecule has 19 heavy (non-hydrogen) atoms. The minimum atomic E-state index is -3.05. The number of hydrogen-bond acceptors (Lipinski definition) is 5. The quantitative estimate of drug-likeness (QED) is 0.877. The summed E-state index contributed by atoms with van der Waals surface area (Å²) in [5.41, 5.74) is 6.60. The van der Waals surface area contributed by atoms with E-state index < -0.39 is 15.4 Å². The fourth-order valence-electron chi connectivity index (χ4n) is 1.86. The van der Waals surface area contributed by atoms with E-state index in [2.05, 4.69) is 18.8 Å². The molecule has 0 amide bonds. The van der Waals surface area contributed by atoms with Crippen LogP contribution in [-0.4, -0.2) is 19.2 Å². The maximum Gasteiger partial charge on any atom is 0.156 e. The smallest absolute Gasteiger partial charge is 0.156 e. The van der Waals surface area contributed by atoms with E-state index in [-0.39, 0.29) is 17.4 Å². The molecule has 0 fully saturated rings. The van der Waals surface area contributed by atoms with E-state index in [1.54, 1.807) is 0 Å². The molecule has 1 heterocycles. The third kappa shape index (κ3) is 4.54. The Bertz CT molecular complexity index is 525. The Morgan fingerprint density at radius 2 is 1.95 bits per heavy atom. The topological polar surface area (TPSA) is 73.0 Å². The predicted molar refractivity (Wildman–Crippen MR) is 81.2 cm³/mol. The number of aromatic nitrogens is 1. The summed E-state index contributed by atoms with van der Waals surface area (Å²) in [6.07, 6.45) is 0.639. The molecule has 0 spiro atoms. The number of nitrogens with zero attached hydrogens (tertiary/aromatic N) is 1. The Labute approximate surface area is 120 Å². The first-order chi connectivity index (χ1) is 8.57. The fourth-order valence-corrected chi connectivity index (χ4v) is 4.87. The highest BCUT2D eigenvalue weighted by Gasteiger charge is 2.26. The molecule has 0 aliphatic rings. The lowest BCUT2D eigenvalue weighted by molar-refractivity contribution is 0.553. The first-order valence-electron chi connectivity index (χ1n) is 6.56. The molecule has 0 radical (unpaired) electrons. The summed E-state index contributed by atoms with van der Waals surface area (Å²) < 4.78 is 23.8. The second-order valence-corrected chi connectivity index (χ2v) is 9.06. The van der Waals surface area contributed by atoms with Gasteiger partial charge in [-0.05, 0) is 26.2 Å². The Kier molecular flexibility index (Phi) is 5.15. The third-order valence-electron chi connectivity index (χ3n) is 2.69. The second-order valence-electron chi connectivity index (χ2n) is 5.79. The average molecular weight is 304 g/mol. The van der Waals surface area contributed by atoms with Gasteiger partial charge in [0.05, 0.1) is 11.4 Å². The van der Waals surface area contributed by atoms with Crippen LogP contribution in [0.2, 0.25) is 0 Å². The fraction of sp³-hybridized carbons (Fsp3) is 0.769. The minimum Gasteiger partial charge on any atom is -0.321 e. The van der Waals surface area contributed by atoms with E-state index in [0.29, 0.717) is 11.4 Å². The molecule has 0 saturated heterocycles. The molecule has 0 aliphatic heterocycles. The highest BCUT2D eigenvalue weighted by Crippen LogP contribution is 2.33. The Balaban J connectivity index is 3.13. The molecule has 110 valence electrons. The zero-order valence-corrected chi connectivity index (χ0v) is 14.0. The van der Waals surface area contributed by atoms with Crippen LogP contribution in [0.3, 0.4) is 0 Å². The lowest BCUT2D eigenvalue weighted by atomic mass is 9.98. The Morgan fingerprint density at radius 1 is 1.37 bits per heavy atom. The normalized spacial score (nSPS) is 13.2. The molecule has 0 aromatic carbocycles. The van der Waals surface area contributed by atoms with Crippen molar-refractivity contribution in [3.63, 3.8) is 0 Å². The molecule has 4 nitrogen and oxygen atoms in total. The van der Waals surface area contributed by atoms with Crippen molar-refractivity contribution < 1.29 is 8.42 Å². The zero-order chi connectivity index (χ0) is 14.8. The van der Waals surface area contributed by atoms with Gasteiger partial charge in [-0.25, -0.2) is 13.4 Å². The molecule has 0 atom stereocenters.